The van der Waals surface area contributed by atoms with Crippen molar-refractivity contribution in [3.63, 3.8) is 0 Å². The molecule has 0 aromatic heterocycles. The van der Waals surface area contributed by atoms with Gasteiger partial charge in [0.1, 0.15) is 0 Å². The summed E-state index contributed by atoms with van der Waals surface area (Å²) in [6.07, 6.45) is 0. The molecule has 0 spiro atoms. The van der Waals surface area contributed by atoms with Crippen LogP contribution in [-0.2, 0) is 0 Å². The van der Waals surface area contributed by atoms with Gasteiger partial charge in [-0.2, -0.15) is 0 Å². The number of likely N-dealkylation sites (N-methyl/N-ethyl adjacent to an activating group) is 1. The molecule has 1 atom stereocenters. The topological polar surface area (TPSA) is 12.0 Å². The number of benzene rings is 1. The predicted octanol–water partition coefficient (Wildman–Crippen LogP) is 3.14. The Labute approximate surface area is 86.8 Å². The molecular weight excluding hydrogens is 170 g/mol. The van der Waals surface area contributed by atoms with Crippen molar-refractivity contribution >= 4 is 0 Å². The smallest absolute Gasteiger partial charge is 0.0530 e. The van der Waals surface area contributed by atoms with E-state index in [1.807, 2.05) is 7.05 Å². The van der Waals surface area contributed by atoms with E-state index in [4.69, 9.17) is 0 Å². The van der Waals surface area contributed by atoms with E-state index in [0.717, 1.165) is 5.57 Å². The van der Waals surface area contributed by atoms with Gasteiger partial charge >= 0.3 is 0 Å². The van der Waals surface area contributed by atoms with Gasteiger partial charge in [0.25, 0.3) is 0 Å². The first-order valence-corrected chi connectivity index (χ1v) is 4.96. The molecule has 0 aliphatic rings. The van der Waals surface area contributed by atoms with Gasteiger partial charge in [0.05, 0.1) is 6.04 Å². The standard InChI is InChI=1S/C13H19N/c1-9(2)13(14-5)12-8-10(3)6-7-11(12)4/h6-8,13-14H,1H2,2-5H3. The Morgan fingerprint density at radius 2 is 2.00 bits per heavy atom. The average molecular weight is 189 g/mol. The molecule has 1 heteroatoms. The Kier molecular flexibility index (Phi) is 3.48. The molecule has 1 N–H and O–H groups in total. The number of rotatable bonds is 3. The third kappa shape index (κ3) is 2.24. The SMILES string of the molecule is C=C(C)C(NC)c1cc(C)ccc1C. The molecule has 1 rings (SSSR count). The molecule has 0 amide bonds. The molecule has 0 aliphatic carbocycles. The van der Waals surface area contributed by atoms with Crippen molar-refractivity contribution in [3.05, 3.63) is 47.0 Å². The van der Waals surface area contributed by atoms with Crippen molar-refractivity contribution < 1.29 is 0 Å². The average Bonchev–Trinajstić information content (AvgIpc) is 2.11. The monoisotopic (exact) mass is 189 g/mol. The largest absolute Gasteiger partial charge is 0.310 e. The molecule has 0 saturated carbocycles. The number of aryl methyl sites for hydroxylation is 2. The summed E-state index contributed by atoms with van der Waals surface area (Å²) in [6, 6.07) is 6.81. The molecular formula is C13H19N. The molecule has 1 nitrogen and oxygen atoms in total. The molecule has 0 saturated heterocycles. The van der Waals surface area contributed by atoms with Crippen LogP contribution < -0.4 is 5.32 Å². The van der Waals surface area contributed by atoms with Gasteiger partial charge in [-0.3, -0.25) is 0 Å². The highest BCUT2D eigenvalue weighted by atomic mass is 14.9. The molecule has 1 aromatic carbocycles. The van der Waals surface area contributed by atoms with Gasteiger partial charge < -0.3 is 5.32 Å². The van der Waals surface area contributed by atoms with Crippen LogP contribution in [0.1, 0.15) is 29.7 Å². The van der Waals surface area contributed by atoms with Crippen LogP contribution in [0.2, 0.25) is 0 Å². The first-order chi connectivity index (χ1) is 6.56. The van der Waals surface area contributed by atoms with Crippen LogP contribution in [0.5, 0.6) is 0 Å². The van der Waals surface area contributed by atoms with E-state index in [0.29, 0.717) is 0 Å². The van der Waals surface area contributed by atoms with Crippen molar-refractivity contribution in [1.29, 1.82) is 0 Å². The van der Waals surface area contributed by atoms with Crippen LogP contribution in [-0.4, -0.2) is 7.05 Å². The fourth-order valence-electron chi connectivity index (χ4n) is 1.74. The second-order valence-corrected chi connectivity index (χ2v) is 3.93. The van der Waals surface area contributed by atoms with Gasteiger partial charge in [-0.15, -0.1) is 0 Å². The Morgan fingerprint density at radius 1 is 1.36 bits per heavy atom. The second kappa shape index (κ2) is 4.43. The third-order valence-electron chi connectivity index (χ3n) is 2.53. The second-order valence-electron chi connectivity index (χ2n) is 3.93. The highest BCUT2D eigenvalue weighted by Gasteiger charge is 2.11. The lowest BCUT2D eigenvalue weighted by molar-refractivity contribution is 0.675. The summed E-state index contributed by atoms with van der Waals surface area (Å²) < 4.78 is 0. The minimum Gasteiger partial charge on any atom is -0.310 e. The van der Waals surface area contributed by atoms with Gasteiger partial charge in [-0.05, 0) is 38.9 Å². The van der Waals surface area contributed by atoms with Crippen LogP contribution in [0.25, 0.3) is 0 Å². The maximum Gasteiger partial charge on any atom is 0.0530 e. The van der Waals surface area contributed by atoms with Gasteiger partial charge in [0.2, 0.25) is 0 Å². The van der Waals surface area contributed by atoms with Crippen LogP contribution in [0, 0.1) is 13.8 Å². The van der Waals surface area contributed by atoms with Crippen molar-refractivity contribution in [2.24, 2.45) is 0 Å². The molecule has 0 heterocycles. The summed E-state index contributed by atoms with van der Waals surface area (Å²) in [4.78, 5) is 0. The van der Waals surface area contributed by atoms with Crippen LogP contribution in [0.3, 0.4) is 0 Å². The highest BCUT2D eigenvalue weighted by molar-refractivity contribution is 5.36. The van der Waals surface area contributed by atoms with E-state index in [2.05, 4.69) is 50.9 Å². The van der Waals surface area contributed by atoms with Crippen LogP contribution >= 0.6 is 0 Å². The number of nitrogens with one attached hydrogen (secondary N) is 1. The van der Waals surface area contributed by atoms with Crippen molar-refractivity contribution in [2.75, 3.05) is 7.05 Å². The van der Waals surface area contributed by atoms with Gasteiger partial charge in [0.15, 0.2) is 0 Å². The highest BCUT2D eigenvalue weighted by Crippen LogP contribution is 2.23. The number of hydrogen-bond acceptors (Lipinski definition) is 1. The van der Waals surface area contributed by atoms with E-state index in [-0.39, 0.29) is 6.04 Å². The van der Waals surface area contributed by atoms with E-state index >= 15 is 0 Å². The zero-order chi connectivity index (χ0) is 10.7. The van der Waals surface area contributed by atoms with Crippen molar-refractivity contribution in [1.82, 2.24) is 5.32 Å². The molecule has 1 unspecified atom stereocenters. The van der Waals surface area contributed by atoms with E-state index in [1.54, 1.807) is 0 Å². The van der Waals surface area contributed by atoms with E-state index in [9.17, 15) is 0 Å². The minimum atomic E-state index is 0.273. The summed E-state index contributed by atoms with van der Waals surface area (Å²) in [5, 5.41) is 3.29. The van der Waals surface area contributed by atoms with Crippen LogP contribution in [0.15, 0.2) is 30.4 Å². The lowest BCUT2D eigenvalue weighted by Crippen LogP contribution is -2.18. The fourth-order valence-corrected chi connectivity index (χ4v) is 1.74. The van der Waals surface area contributed by atoms with Gasteiger partial charge in [-0.1, -0.05) is 35.9 Å². The lowest BCUT2D eigenvalue weighted by Gasteiger charge is -2.19. The quantitative estimate of drug-likeness (QED) is 0.720. The fraction of sp³-hybridized carbons (Fsp3) is 0.385. The molecule has 76 valence electrons. The Bertz CT molecular complexity index is 339. The molecule has 0 fully saturated rings. The molecule has 14 heavy (non-hydrogen) atoms. The summed E-state index contributed by atoms with van der Waals surface area (Å²) in [5.74, 6) is 0. The first-order valence-electron chi connectivity index (χ1n) is 4.96. The third-order valence-corrected chi connectivity index (χ3v) is 2.53. The Hall–Kier alpha value is -1.08. The summed E-state index contributed by atoms with van der Waals surface area (Å²) in [7, 11) is 1.97. The summed E-state index contributed by atoms with van der Waals surface area (Å²) in [5.41, 5.74) is 5.10. The molecule has 1 aromatic rings. The normalized spacial score (nSPS) is 12.6. The lowest BCUT2D eigenvalue weighted by atomic mass is 9.95. The minimum absolute atomic E-state index is 0.273. The number of hydrogen-bond donors (Lipinski definition) is 1. The molecule has 0 bridgehead atoms. The first kappa shape index (κ1) is 11.0. The maximum absolute atomic E-state index is 4.01. The maximum atomic E-state index is 4.01. The van der Waals surface area contributed by atoms with Crippen molar-refractivity contribution in [3.8, 4) is 0 Å². The zero-order valence-electron chi connectivity index (χ0n) is 9.52. The Balaban J connectivity index is 3.15. The molecule has 0 aliphatic heterocycles. The van der Waals surface area contributed by atoms with E-state index in [1.165, 1.54) is 16.7 Å². The Morgan fingerprint density at radius 3 is 2.50 bits per heavy atom. The zero-order valence-corrected chi connectivity index (χ0v) is 9.52. The predicted molar refractivity (Wildman–Crippen MR) is 62.5 cm³/mol. The van der Waals surface area contributed by atoms with Crippen molar-refractivity contribution in [2.45, 2.75) is 26.8 Å². The van der Waals surface area contributed by atoms with Crippen LogP contribution in [0.4, 0.5) is 0 Å². The summed E-state index contributed by atoms with van der Waals surface area (Å²) in [6.45, 7) is 10.3. The van der Waals surface area contributed by atoms with Gasteiger partial charge in [-0.25, -0.2) is 0 Å². The summed E-state index contributed by atoms with van der Waals surface area (Å²) >= 11 is 0. The van der Waals surface area contributed by atoms with E-state index < -0.39 is 0 Å². The molecule has 0 radical (unpaired) electrons. The van der Waals surface area contributed by atoms with Gasteiger partial charge in [0, 0.05) is 0 Å².